The van der Waals surface area contributed by atoms with Gasteiger partial charge in [0.1, 0.15) is 0 Å². The van der Waals surface area contributed by atoms with Crippen LogP contribution in [0, 0.1) is 51.2 Å². The van der Waals surface area contributed by atoms with Gasteiger partial charge >= 0.3 is 0 Å². The van der Waals surface area contributed by atoms with Crippen molar-refractivity contribution in [3.8, 4) is 0 Å². The van der Waals surface area contributed by atoms with Gasteiger partial charge in [-0.2, -0.15) is 0 Å². The Balaban J connectivity index is 1.40. The van der Waals surface area contributed by atoms with Crippen molar-refractivity contribution in [2.45, 2.75) is 112 Å². The second kappa shape index (κ2) is 6.97. The number of aliphatic hydroxyl groups is 1. The van der Waals surface area contributed by atoms with Gasteiger partial charge in [-0.05, 0) is 110 Å². The first-order chi connectivity index (χ1) is 14.5. The van der Waals surface area contributed by atoms with E-state index < -0.39 is 0 Å². The van der Waals surface area contributed by atoms with Crippen LogP contribution in [0.3, 0.4) is 0 Å². The lowest BCUT2D eigenvalue weighted by molar-refractivity contribution is -0.103. The van der Waals surface area contributed by atoms with Crippen LogP contribution in [0.25, 0.3) is 0 Å². The van der Waals surface area contributed by atoms with Crippen LogP contribution in [0.4, 0.5) is 0 Å². The highest BCUT2D eigenvalue weighted by atomic mass is 16.3. The Kier molecular flexibility index (Phi) is 5.00. The molecule has 2 spiro atoms. The molecular weight excluding hydrogens is 376 g/mol. The van der Waals surface area contributed by atoms with E-state index in [1.165, 1.54) is 63.4 Å². The van der Waals surface area contributed by atoms with E-state index in [-0.39, 0.29) is 6.10 Å². The van der Waals surface area contributed by atoms with Crippen molar-refractivity contribution in [2.75, 3.05) is 0 Å². The van der Waals surface area contributed by atoms with E-state index in [0.717, 1.165) is 24.2 Å². The van der Waals surface area contributed by atoms with E-state index in [1.54, 1.807) is 5.57 Å². The fourth-order valence-electron chi connectivity index (χ4n) is 10.2. The zero-order valence-corrected chi connectivity index (χ0v) is 21.3. The standard InChI is InChI=1S/C30H48O/c1-19(2)20(3)8-9-21(4)23-12-14-28(7)26-11-10-24-22(5)25(31)13-15-29(24)18-30(26,29)17-16-27(23,28)6/h10,19,21-23,25-26,31H,3,8-9,11-18H2,1-2,4-7H3/t21-,22-,23+,25-,26-,27+,28-,29+,30-/m0/s1. The lowest BCUT2D eigenvalue weighted by atomic mass is 9.44. The third-order valence-electron chi connectivity index (χ3n) is 12.6. The second-order valence-electron chi connectivity index (χ2n) is 13.6. The smallest absolute Gasteiger partial charge is 0.0603 e. The van der Waals surface area contributed by atoms with E-state index in [0.29, 0.717) is 33.5 Å². The van der Waals surface area contributed by atoms with E-state index >= 15 is 0 Å². The zero-order chi connectivity index (χ0) is 22.4. The summed E-state index contributed by atoms with van der Waals surface area (Å²) in [4.78, 5) is 0. The van der Waals surface area contributed by atoms with E-state index in [9.17, 15) is 5.11 Å². The Morgan fingerprint density at radius 1 is 1.10 bits per heavy atom. The van der Waals surface area contributed by atoms with Crippen LogP contribution in [0.2, 0.25) is 0 Å². The van der Waals surface area contributed by atoms with Gasteiger partial charge in [-0.25, -0.2) is 0 Å². The number of hydrogen-bond acceptors (Lipinski definition) is 1. The number of aliphatic hydroxyl groups excluding tert-OH is 1. The predicted molar refractivity (Wildman–Crippen MR) is 131 cm³/mol. The predicted octanol–water partition coefficient (Wildman–Crippen LogP) is 7.94. The molecule has 0 aliphatic heterocycles. The van der Waals surface area contributed by atoms with Crippen LogP contribution in [-0.4, -0.2) is 11.2 Å². The highest BCUT2D eigenvalue weighted by Crippen LogP contribution is 2.87. The normalized spacial score (nSPS) is 51.3. The molecule has 0 radical (unpaired) electrons. The Morgan fingerprint density at radius 3 is 2.55 bits per heavy atom. The lowest BCUT2D eigenvalue weighted by Gasteiger charge is -2.60. The fourth-order valence-corrected chi connectivity index (χ4v) is 10.2. The van der Waals surface area contributed by atoms with Crippen LogP contribution in [0.5, 0.6) is 0 Å². The molecule has 0 amide bonds. The summed E-state index contributed by atoms with van der Waals surface area (Å²) in [7, 11) is 0. The molecule has 5 aliphatic rings. The Hall–Kier alpha value is -0.560. The number of allylic oxidation sites excluding steroid dienone is 2. The largest absolute Gasteiger partial charge is 0.393 e. The molecule has 9 atom stereocenters. The molecule has 5 aliphatic carbocycles. The maximum absolute atomic E-state index is 10.6. The molecule has 0 unspecified atom stereocenters. The minimum absolute atomic E-state index is 0.104. The van der Waals surface area contributed by atoms with Crippen LogP contribution >= 0.6 is 0 Å². The van der Waals surface area contributed by atoms with E-state index in [2.05, 4.69) is 54.2 Å². The van der Waals surface area contributed by atoms with Gasteiger partial charge in [0.2, 0.25) is 0 Å². The minimum Gasteiger partial charge on any atom is -0.393 e. The van der Waals surface area contributed by atoms with E-state index in [4.69, 9.17) is 0 Å². The van der Waals surface area contributed by atoms with Crippen molar-refractivity contribution >= 4 is 0 Å². The average Bonchev–Trinajstić information content (AvgIpc) is 3.31. The van der Waals surface area contributed by atoms with Crippen molar-refractivity contribution in [3.05, 3.63) is 23.8 Å². The molecule has 4 fully saturated rings. The van der Waals surface area contributed by atoms with Crippen molar-refractivity contribution < 1.29 is 5.11 Å². The van der Waals surface area contributed by atoms with Crippen LogP contribution in [0.1, 0.15) is 106 Å². The minimum atomic E-state index is -0.104. The van der Waals surface area contributed by atoms with Crippen molar-refractivity contribution in [2.24, 2.45) is 51.2 Å². The maximum Gasteiger partial charge on any atom is 0.0603 e. The lowest BCUT2D eigenvalue weighted by Crippen LogP contribution is -2.53. The molecule has 1 nitrogen and oxygen atoms in total. The summed E-state index contributed by atoms with van der Waals surface area (Å²) in [5, 5.41) is 10.6. The Labute approximate surface area is 192 Å². The highest BCUT2D eigenvalue weighted by molar-refractivity contribution is 5.42. The molecule has 0 bridgehead atoms. The summed E-state index contributed by atoms with van der Waals surface area (Å²) in [6, 6.07) is 0. The Morgan fingerprint density at radius 2 is 1.84 bits per heavy atom. The molecule has 0 aromatic rings. The zero-order valence-electron chi connectivity index (χ0n) is 21.3. The molecule has 174 valence electrons. The SMILES string of the molecule is C=C(CC[C@H](C)[C@H]1CC[C@@]2(C)[C@@H]3CC=C4[C@H](C)[C@@H](O)CC[C@@]45C[C@@]35CC[C@]12C)C(C)C. The Bertz CT molecular complexity index is 792. The summed E-state index contributed by atoms with van der Waals surface area (Å²) in [6.45, 7) is 19.2. The molecule has 1 heteroatoms. The van der Waals surface area contributed by atoms with Gasteiger partial charge in [0.15, 0.2) is 0 Å². The first-order valence-corrected chi connectivity index (χ1v) is 13.6. The second-order valence-corrected chi connectivity index (χ2v) is 13.6. The summed E-state index contributed by atoms with van der Waals surface area (Å²) in [6.07, 6.45) is 15.8. The highest BCUT2D eigenvalue weighted by Gasteiger charge is 2.79. The van der Waals surface area contributed by atoms with Crippen molar-refractivity contribution in [3.63, 3.8) is 0 Å². The third kappa shape index (κ3) is 2.71. The summed E-state index contributed by atoms with van der Waals surface area (Å²) in [5.41, 5.74) is 5.14. The third-order valence-corrected chi connectivity index (χ3v) is 12.6. The summed E-state index contributed by atoms with van der Waals surface area (Å²) < 4.78 is 0. The van der Waals surface area contributed by atoms with Gasteiger partial charge in [0, 0.05) is 5.92 Å². The fraction of sp³-hybridized carbons (Fsp3) is 0.867. The van der Waals surface area contributed by atoms with Crippen molar-refractivity contribution in [1.29, 1.82) is 0 Å². The molecule has 0 heterocycles. The van der Waals surface area contributed by atoms with Crippen LogP contribution in [-0.2, 0) is 0 Å². The molecule has 0 saturated heterocycles. The maximum atomic E-state index is 10.6. The first kappa shape index (κ1) is 22.2. The molecule has 0 aromatic heterocycles. The topological polar surface area (TPSA) is 20.2 Å². The summed E-state index contributed by atoms with van der Waals surface area (Å²) >= 11 is 0. The molecule has 4 saturated carbocycles. The molecule has 0 aromatic carbocycles. The van der Waals surface area contributed by atoms with Gasteiger partial charge in [-0.1, -0.05) is 65.3 Å². The van der Waals surface area contributed by atoms with Gasteiger partial charge in [-0.3, -0.25) is 0 Å². The average molecular weight is 425 g/mol. The van der Waals surface area contributed by atoms with Crippen LogP contribution < -0.4 is 0 Å². The molecular formula is C30H48O. The number of rotatable bonds is 5. The van der Waals surface area contributed by atoms with Crippen LogP contribution in [0.15, 0.2) is 23.8 Å². The molecule has 1 N–H and O–H groups in total. The number of hydrogen-bond donors (Lipinski definition) is 1. The summed E-state index contributed by atoms with van der Waals surface area (Å²) in [5.74, 6) is 3.57. The van der Waals surface area contributed by atoms with Crippen molar-refractivity contribution in [1.82, 2.24) is 0 Å². The van der Waals surface area contributed by atoms with E-state index in [1.807, 2.05) is 0 Å². The van der Waals surface area contributed by atoms with Gasteiger partial charge < -0.3 is 5.11 Å². The number of fused-ring (bicyclic) bond motifs is 2. The molecule has 5 rings (SSSR count). The quantitative estimate of drug-likeness (QED) is 0.444. The monoisotopic (exact) mass is 424 g/mol. The van der Waals surface area contributed by atoms with Gasteiger partial charge in [0.05, 0.1) is 6.10 Å². The first-order valence-electron chi connectivity index (χ1n) is 13.6. The van der Waals surface area contributed by atoms with Gasteiger partial charge in [-0.15, -0.1) is 0 Å². The van der Waals surface area contributed by atoms with Gasteiger partial charge in [0.25, 0.3) is 0 Å². The molecule has 31 heavy (non-hydrogen) atoms.